The molecule has 128 valence electrons. The molecule has 2 N–H and O–H groups in total. The van der Waals surface area contributed by atoms with Gasteiger partial charge in [0.15, 0.2) is 9.84 Å². The number of rotatable bonds is 5. The Bertz CT molecular complexity index is 821. The Morgan fingerprint density at radius 1 is 1.39 bits per heavy atom. The van der Waals surface area contributed by atoms with Gasteiger partial charge in [-0.15, -0.1) is 0 Å². The molecule has 0 spiro atoms. The molecule has 1 aliphatic rings. The molecule has 1 saturated heterocycles. The summed E-state index contributed by atoms with van der Waals surface area (Å²) in [6.45, 7) is 1.28. The van der Waals surface area contributed by atoms with E-state index in [4.69, 9.17) is 11.6 Å². The van der Waals surface area contributed by atoms with E-state index in [-0.39, 0.29) is 16.4 Å². The fourth-order valence-corrected chi connectivity index (χ4v) is 5.10. The fraction of sp³-hybridized carbons (Fsp3) is 0.462. The largest absolute Gasteiger partial charge is 0.351 e. The van der Waals surface area contributed by atoms with Crippen LogP contribution in [0.3, 0.4) is 0 Å². The molecular formula is C13H17ClN2O5S2. The van der Waals surface area contributed by atoms with Gasteiger partial charge < -0.3 is 5.32 Å². The number of amides is 1. The number of aryl methyl sites for hydroxylation is 1. The van der Waals surface area contributed by atoms with Crippen LogP contribution in [0.4, 0.5) is 0 Å². The van der Waals surface area contributed by atoms with E-state index in [2.05, 4.69) is 10.0 Å². The predicted molar refractivity (Wildman–Crippen MR) is 86.6 cm³/mol. The van der Waals surface area contributed by atoms with Crippen molar-refractivity contribution >= 4 is 37.4 Å². The first-order valence-corrected chi connectivity index (χ1v) is 10.5. The first-order chi connectivity index (χ1) is 10.6. The van der Waals surface area contributed by atoms with Crippen molar-refractivity contribution in [3.8, 4) is 0 Å². The van der Waals surface area contributed by atoms with Crippen molar-refractivity contribution < 1.29 is 21.6 Å². The Morgan fingerprint density at radius 3 is 2.65 bits per heavy atom. The number of sulfone groups is 1. The van der Waals surface area contributed by atoms with Crippen molar-refractivity contribution in [1.29, 1.82) is 0 Å². The van der Waals surface area contributed by atoms with Crippen LogP contribution in [-0.2, 0) is 24.7 Å². The smallest absolute Gasteiger partial charge is 0.241 e. The van der Waals surface area contributed by atoms with E-state index >= 15 is 0 Å². The molecule has 1 fully saturated rings. The molecule has 7 nitrogen and oxygen atoms in total. The molecule has 1 aromatic carbocycles. The van der Waals surface area contributed by atoms with Crippen molar-refractivity contribution in [3.05, 3.63) is 28.8 Å². The summed E-state index contributed by atoms with van der Waals surface area (Å²) in [4.78, 5) is 11.7. The summed E-state index contributed by atoms with van der Waals surface area (Å²) in [6.07, 6.45) is 0.342. The third kappa shape index (κ3) is 4.90. The van der Waals surface area contributed by atoms with Crippen LogP contribution in [0.25, 0.3) is 0 Å². The molecule has 1 aliphatic heterocycles. The van der Waals surface area contributed by atoms with Crippen molar-refractivity contribution in [2.45, 2.75) is 24.3 Å². The minimum Gasteiger partial charge on any atom is -0.351 e. The van der Waals surface area contributed by atoms with E-state index in [9.17, 15) is 21.6 Å². The number of halogens is 1. The monoisotopic (exact) mass is 380 g/mol. The molecular weight excluding hydrogens is 364 g/mol. The van der Waals surface area contributed by atoms with Gasteiger partial charge in [-0.3, -0.25) is 4.79 Å². The highest BCUT2D eigenvalue weighted by Crippen LogP contribution is 2.19. The second kappa shape index (κ2) is 6.76. The van der Waals surface area contributed by atoms with Crippen molar-refractivity contribution in [2.75, 3.05) is 18.1 Å². The Morgan fingerprint density at radius 2 is 2.09 bits per heavy atom. The van der Waals surface area contributed by atoms with Crippen molar-refractivity contribution in [2.24, 2.45) is 0 Å². The zero-order valence-electron chi connectivity index (χ0n) is 12.4. The molecule has 0 bridgehead atoms. The van der Waals surface area contributed by atoms with Crippen LogP contribution < -0.4 is 10.0 Å². The first-order valence-electron chi connectivity index (χ1n) is 6.85. The maximum Gasteiger partial charge on any atom is 0.241 e. The van der Waals surface area contributed by atoms with E-state index < -0.39 is 38.4 Å². The molecule has 1 unspecified atom stereocenters. The summed E-state index contributed by atoms with van der Waals surface area (Å²) in [5, 5.41) is 2.82. The molecule has 0 aliphatic carbocycles. The highest BCUT2D eigenvalue weighted by Gasteiger charge is 2.29. The van der Waals surface area contributed by atoms with Crippen molar-refractivity contribution in [1.82, 2.24) is 10.0 Å². The number of carbonyl (C=O) groups is 1. The maximum atomic E-state index is 12.1. The summed E-state index contributed by atoms with van der Waals surface area (Å²) in [7, 11) is -6.97. The number of carbonyl (C=O) groups excluding carboxylic acids is 1. The average Bonchev–Trinajstić information content (AvgIpc) is 2.78. The normalized spacial score (nSPS) is 20.3. The molecule has 2 rings (SSSR count). The minimum absolute atomic E-state index is 0.0333. The molecule has 1 atom stereocenters. The van der Waals surface area contributed by atoms with E-state index in [0.717, 1.165) is 5.56 Å². The van der Waals surface area contributed by atoms with Gasteiger partial charge in [0.2, 0.25) is 15.9 Å². The lowest BCUT2D eigenvalue weighted by atomic mass is 10.2. The topological polar surface area (TPSA) is 109 Å². The van der Waals surface area contributed by atoms with Crippen LogP contribution in [-0.4, -0.2) is 46.8 Å². The molecule has 10 heteroatoms. The molecule has 1 amide bonds. The quantitative estimate of drug-likeness (QED) is 0.759. The van der Waals surface area contributed by atoms with Crippen molar-refractivity contribution in [3.63, 3.8) is 0 Å². The van der Waals surface area contributed by atoms with Gasteiger partial charge >= 0.3 is 0 Å². The van der Waals surface area contributed by atoms with E-state index in [0.29, 0.717) is 11.4 Å². The lowest BCUT2D eigenvalue weighted by molar-refractivity contribution is -0.120. The summed E-state index contributed by atoms with van der Waals surface area (Å²) >= 11 is 5.89. The van der Waals surface area contributed by atoms with Crippen LogP contribution in [0.2, 0.25) is 5.02 Å². The van der Waals surface area contributed by atoms with Gasteiger partial charge in [-0.05, 0) is 31.0 Å². The Hall–Kier alpha value is -1.16. The number of sulfonamides is 1. The first kappa shape index (κ1) is 18.2. The lowest BCUT2D eigenvalue weighted by Gasteiger charge is -2.12. The van der Waals surface area contributed by atoms with Crippen LogP contribution in [0, 0.1) is 6.92 Å². The Labute approximate surface area is 140 Å². The zero-order valence-corrected chi connectivity index (χ0v) is 14.8. The Balaban J connectivity index is 1.94. The standard InChI is InChI=1S/C13H17ClN2O5S2/c1-9-2-3-11(6-12(9)14)23(20,21)15-7-13(17)16-10-4-5-22(18,19)8-10/h2-3,6,10,15H,4-5,7-8H2,1H3,(H,16,17). The van der Waals surface area contributed by atoms with Gasteiger partial charge in [0.1, 0.15) is 0 Å². The van der Waals surface area contributed by atoms with E-state index in [1.165, 1.54) is 12.1 Å². The number of hydrogen-bond acceptors (Lipinski definition) is 5. The van der Waals surface area contributed by atoms with Gasteiger partial charge in [-0.1, -0.05) is 17.7 Å². The highest BCUT2D eigenvalue weighted by molar-refractivity contribution is 7.91. The molecule has 1 heterocycles. The molecule has 0 radical (unpaired) electrons. The number of nitrogens with one attached hydrogen (secondary N) is 2. The third-order valence-corrected chi connectivity index (χ3v) is 7.05. The lowest BCUT2D eigenvalue weighted by Crippen LogP contribution is -2.42. The third-order valence-electron chi connectivity index (χ3n) is 3.47. The number of benzene rings is 1. The van der Waals surface area contributed by atoms with Gasteiger partial charge in [0.05, 0.1) is 22.9 Å². The Kier molecular flexibility index (Phi) is 5.34. The summed E-state index contributed by atoms with van der Waals surface area (Å²) in [6, 6.07) is 3.80. The molecule has 0 saturated carbocycles. The predicted octanol–water partition coefficient (Wildman–Crippen LogP) is 0.230. The van der Waals surface area contributed by atoms with Crippen LogP contribution in [0.15, 0.2) is 23.1 Å². The number of hydrogen-bond donors (Lipinski definition) is 2. The molecule has 0 aromatic heterocycles. The highest BCUT2D eigenvalue weighted by atomic mass is 35.5. The fourth-order valence-electron chi connectivity index (χ4n) is 2.17. The van der Waals surface area contributed by atoms with E-state index in [1.807, 2.05) is 0 Å². The maximum absolute atomic E-state index is 12.1. The SMILES string of the molecule is Cc1ccc(S(=O)(=O)NCC(=O)NC2CCS(=O)(=O)C2)cc1Cl. The van der Waals surface area contributed by atoms with E-state index in [1.54, 1.807) is 13.0 Å². The van der Waals surface area contributed by atoms with Gasteiger partial charge in [0.25, 0.3) is 0 Å². The van der Waals surface area contributed by atoms with Crippen LogP contribution >= 0.6 is 11.6 Å². The van der Waals surface area contributed by atoms with Gasteiger partial charge in [-0.2, -0.15) is 0 Å². The van der Waals surface area contributed by atoms with Crippen LogP contribution in [0.1, 0.15) is 12.0 Å². The summed E-state index contributed by atoms with van der Waals surface area (Å²) in [5.74, 6) is -0.654. The second-order valence-electron chi connectivity index (χ2n) is 5.40. The molecule has 23 heavy (non-hydrogen) atoms. The van der Waals surface area contributed by atoms with Gasteiger partial charge in [-0.25, -0.2) is 21.6 Å². The minimum atomic E-state index is -3.86. The zero-order chi connectivity index (χ0) is 17.3. The average molecular weight is 381 g/mol. The second-order valence-corrected chi connectivity index (χ2v) is 9.81. The summed E-state index contributed by atoms with van der Waals surface area (Å²) < 4.78 is 49.0. The molecule has 1 aromatic rings. The van der Waals surface area contributed by atoms with Crippen LogP contribution in [0.5, 0.6) is 0 Å². The van der Waals surface area contributed by atoms with Gasteiger partial charge in [0, 0.05) is 11.1 Å². The summed E-state index contributed by atoms with van der Waals surface area (Å²) in [5.41, 5.74) is 0.741.